The van der Waals surface area contributed by atoms with Crippen LogP contribution in [0.15, 0.2) is 46.2 Å². The lowest BCUT2D eigenvalue weighted by molar-refractivity contribution is -0.119. The first-order valence-electron chi connectivity index (χ1n) is 9.28. The number of hydrogen-bond donors (Lipinski definition) is 2. The molecule has 154 valence electrons. The first kappa shape index (κ1) is 21.4. The number of carbonyl (C=O) groups is 2. The topological polar surface area (TPSA) is 92.3 Å². The number of nitrogens with one attached hydrogen (secondary N) is 2. The Morgan fingerprint density at radius 2 is 1.83 bits per heavy atom. The van der Waals surface area contributed by atoms with Gasteiger partial charge in [-0.25, -0.2) is 8.42 Å². The number of anilines is 2. The van der Waals surface area contributed by atoms with Crippen LogP contribution in [0.4, 0.5) is 11.4 Å². The first-order chi connectivity index (χ1) is 13.5. The Morgan fingerprint density at radius 1 is 1.17 bits per heavy atom. The Morgan fingerprint density at radius 3 is 2.48 bits per heavy atom. The van der Waals surface area contributed by atoms with Crippen LogP contribution in [-0.2, 0) is 19.4 Å². The molecule has 0 aromatic heterocycles. The molecule has 0 saturated heterocycles. The number of aryl methyl sites for hydroxylation is 2. The molecule has 1 heterocycles. The second-order valence-electron chi connectivity index (χ2n) is 7.46. The second kappa shape index (κ2) is 8.20. The van der Waals surface area contributed by atoms with Crippen LogP contribution in [0.1, 0.15) is 25.0 Å². The fourth-order valence-electron chi connectivity index (χ4n) is 3.19. The Hall–Kier alpha value is -2.32. The monoisotopic (exact) mass is 432 g/mol. The second-order valence-corrected chi connectivity index (χ2v) is 10.9. The molecule has 3 rings (SSSR count). The zero-order valence-electron chi connectivity index (χ0n) is 16.8. The highest BCUT2D eigenvalue weighted by molar-refractivity contribution is 8.01. The maximum atomic E-state index is 12.8. The molecule has 2 amide bonds. The summed E-state index contributed by atoms with van der Waals surface area (Å²) < 4.78 is 25.7. The summed E-state index contributed by atoms with van der Waals surface area (Å²) in [6.07, 6.45) is 0. The van der Waals surface area contributed by atoms with E-state index in [1.54, 1.807) is 19.9 Å². The summed E-state index contributed by atoms with van der Waals surface area (Å²) >= 11 is 1.39. The lowest BCUT2D eigenvalue weighted by Crippen LogP contribution is -2.28. The van der Waals surface area contributed by atoms with Crippen LogP contribution in [0.5, 0.6) is 0 Å². The van der Waals surface area contributed by atoms with E-state index in [-0.39, 0.29) is 27.7 Å². The molecule has 2 N–H and O–H groups in total. The molecule has 8 heteroatoms. The largest absolute Gasteiger partial charge is 0.326 e. The van der Waals surface area contributed by atoms with E-state index in [4.69, 9.17) is 0 Å². The number of thioether (sulfide) groups is 1. The van der Waals surface area contributed by atoms with Crippen molar-refractivity contribution in [3.8, 4) is 0 Å². The highest BCUT2D eigenvalue weighted by atomic mass is 32.2. The summed E-state index contributed by atoms with van der Waals surface area (Å²) in [6, 6.07) is 10.4. The molecule has 1 aliphatic heterocycles. The standard InChI is InChI=1S/C21H24N2O4S2/c1-12-7-13(2)9-16(8-12)22-20(24)14(3)11-29(26,27)17-5-6-19-18(10-17)23-21(25)15(4)28-19/h5-10,14-15H,11H2,1-4H3,(H,22,24)(H,23,25)/t14-,15-/m1/s1. The molecule has 0 aliphatic carbocycles. The summed E-state index contributed by atoms with van der Waals surface area (Å²) in [5, 5.41) is 5.31. The maximum Gasteiger partial charge on any atom is 0.237 e. The van der Waals surface area contributed by atoms with E-state index < -0.39 is 15.8 Å². The van der Waals surface area contributed by atoms with Gasteiger partial charge in [0.15, 0.2) is 9.84 Å². The highest BCUT2D eigenvalue weighted by Gasteiger charge is 2.27. The fraction of sp³-hybridized carbons (Fsp3) is 0.333. The Labute approximate surface area is 175 Å². The van der Waals surface area contributed by atoms with Gasteiger partial charge in [-0.1, -0.05) is 13.0 Å². The summed E-state index contributed by atoms with van der Waals surface area (Å²) in [6.45, 7) is 7.26. The van der Waals surface area contributed by atoms with Crippen LogP contribution in [-0.4, -0.2) is 31.2 Å². The number of benzene rings is 2. The van der Waals surface area contributed by atoms with Gasteiger partial charge in [-0.2, -0.15) is 0 Å². The molecule has 0 fully saturated rings. The van der Waals surface area contributed by atoms with E-state index in [1.165, 1.54) is 23.9 Å². The zero-order chi connectivity index (χ0) is 21.3. The molecule has 0 unspecified atom stereocenters. The van der Waals surface area contributed by atoms with Crippen LogP contribution < -0.4 is 10.6 Å². The van der Waals surface area contributed by atoms with Gasteiger partial charge in [0.05, 0.1) is 21.6 Å². The number of fused-ring (bicyclic) bond motifs is 1. The van der Waals surface area contributed by atoms with Gasteiger partial charge in [-0.15, -0.1) is 11.8 Å². The number of carbonyl (C=O) groups excluding carboxylic acids is 2. The summed E-state index contributed by atoms with van der Waals surface area (Å²) in [4.78, 5) is 25.3. The van der Waals surface area contributed by atoms with E-state index in [2.05, 4.69) is 10.6 Å². The molecule has 0 bridgehead atoms. The van der Waals surface area contributed by atoms with Crippen LogP contribution in [0.2, 0.25) is 0 Å². The average molecular weight is 433 g/mol. The van der Waals surface area contributed by atoms with Gasteiger partial charge >= 0.3 is 0 Å². The van der Waals surface area contributed by atoms with Crippen molar-refractivity contribution in [1.29, 1.82) is 0 Å². The predicted molar refractivity (Wildman–Crippen MR) is 116 cm³/mol. The minimum absolute atomic E-state index is 0.0951. The first-order valence-corrected chi connectivity index (χ1v) is 11.8. The number of amides is 2. The Kier molecular flexibility index (Phi) is 6.05. The van der Waals surface area contributed by atoms with Crippen molar-refractivity contribution in [3.63, 3.8) is 0 Å². The van der Waals surface area contributed by atoms with Gasteiger partial charge in [0.1, 0.15) is 0 Å². The van der Waals surface area contributed by atoms with E-state index >= 15 is 0 Å². The van der Waals surface area contributed by atoms with Crippen molar-refractivity contribution in [2.45, 2.75) is 42.7 Å². The molecule has 2 atom stereocenters. The van der Waals surface area contributed by atoms with E-state index in [9.17, 15) is 18.0 Å². The summed E-state index contributed by atoms with van der Waals surface area (Å²) in [5.74, 6) is -1.56. The van der Waals surface area contributed by atoms with Crippen LogP contribution in [0, 0.1) is 19.8 Å². The molecule has 0 spiro atoms. The molecule has 0 saturated carbocycles. The van der Waals surface area contributed by atoms with Gasteiger partial charge in [-0.05, 0) is 62.2 Å². The van der Waals surface area contributed by atoms with Gasteiger partial charge in [0.2, 0.25) is 11.8 Å². The number of rotatable bonds is 5. The Bertz CT molecular complexity index is 1060. The fourth-order valence-corrected chi connectivity index (χ4v) is 5.70. The maximum absolute atomic E-state index is 12.8. The van der Waals surface area contributed by atoms with E-state index in [0.717, 1.165) is 16.0 Å². The molecule has 0 radical (unpaired) electrons. The third-order valence-electron chi connectivity index (χ3n) is 4.65. The van der Waals surface area contributed by atoms with Crippen molar-refractivity contribution in [2.24, 2.45) is 5.92 Å². The third-order valence-corrected chi connectivity index (χ3v) is 7.74. The highest BCUT2D eigenvalue weighted by Crippen LogP contribution is 2.37. The van der Waals surface area contributed by atoms with Gasteiger partial charge in [0, 0.05) is 16.5 Å². The van der Waals surface area contributed by atoms with Crippen LogP contribution >= 0.6 is 11.8 Å². The molecule has 2 aromatic carbocycles. The molecular formula is C21H24N2O4S2. The molecule has 29 heavy (non-hydrogen) atoms. The number of hydrogen-bond acceptors (Lipinski definition) is 5. The lowest BCUT2D eigenvalue weighted by atomic mass is 10.1. The minimum atomic E-state index is -3.70. The third kappa shape index (κ3) is 5.00. The smallest absolute Gasteiger partial charge is 0.237 e. The van der Waals surface area contributed by atoms with Gasteiger partial charge in [-0.3, -0.25) is 9.59 Å². The SMILES string of the molecule is Cc1cc(C)cc(NC(=O)[C@H](C)CS(=O)(=O)c2ccc3c(c2)NC(=O)[C@@H](C)S3)c1. The van der Waals surface area contributed by atoms with Crippen LogP contribution in [0.25, 0.3) is 0 Å². The van der Waals surface area contributed by atoms with Crippen molar-refractivity contribution < 1.29 is 18.0 Å². The van der Waals surface area contributed by atoms with E-state index in [0.29, 0.717) is 11.4 Å². The van der Waals surface area contributed by atoms with Crippen molar-refractivity contribution >= 4 is 44.8 Å². The van der Waals surface area contributed by atoms with E-state index in [1.807, 2.05) is 32.0 Å². The lowest BCUT2D eigenvalue weighted by Gasteiger charge is -2.22. The zero-order valence-corrected chi connectivity index (χ0v) is 18.4. The molecular weight excluding hydrogens is 408 g/mol. The predicted octanol–water partition coefficient (Wildman–Crippen LogP) is 3.78. The Balaban J connectivity index is 1.74. The van der Waals surface area contributed by atoms with Crippen molar-refractivity contribution in [2.75, 3.05) is 16.4 Å². The molecule has 1 aliphatic rings. The summed E-state index contributed by atoms with van der Waals surface area (Å²) in [5.41, 5.74) is 3.18. The number of sulfone groups is 1. The minimum Gasteiger partial charge on any atom is -0.326 e. The van der Waals surface area contributed by atoms with Crippen molar-refractivity contribution in [3.05, 3.63) is 47.5 Å². The molecule has 6 nitrogen and oxygen atoms in total. The summed E-state index contributed by atoms with van der Waals surface area (Å²) in [7, 11) is -3.70. The van der Waals surface area contributed by atoms with Gasteiger partial charge < -0.3 is 10.6 Å². The molecule has 2 aromatic rings. The van der Waals surface area contributed by atoms with Crippen molar-refractivity contribution in [1.82, 2.24) is 0 Å². The quantitative estimate of drug-likeness (QED) is 0.750. The normalized spacial score (nSPS) is 17.2. The average Bonchev–Trinajstić information content (AvgIpc) is 2.61. The van der Waals surface area contributed by atoms with Gasteiger partial charge in [0.25, 0.3) is 0 Å². The van der Waals surface area contributed by atoms with Crippen LogP contribution in [0.3, 0.4) is 0 Å².